The molecule has 1 saturated heterocycles. The number of thioether (sulfide) groups is 1. The molecule has 0 bridgehead atoms. The topological polar surface area (TPSA) is 73.0 Å². The molecule has 7 heteroatoms. The zero-order chi connectivity index (χ0) is 16.9. The van der Waals surface area contributed by atoms with Crippen LogP contribution in [0.5, 0.6) is 5.75 Å². The third-order valence-electron chi connectivity index (χ3n) is 3.94. The predicted octanol–water partition coefficient (Wildman–Crippen LogP) is 3.14. The van der Waals surface area contributed by atoms with E-state index in [0.717, 1.165) is 41.7 Å². The standard InChI is InChI=1S/C17H20N4O2S/c1-12(10-18)24-17-20-19-16(13-5-7-14(22-2)8-6-13)21(17)11-15-4-3-9-23-15/h5-8,12,15H,3-4,9,11H2,1-2H3/t12-,15-/m0/s1. The Bertz CT molecular complexity index is 717. The number of aromatic nitrogens is 3. The van der Waals surface area contributed by atoms with Crippen molar-refractivity contribution in [1.82, 2.24) is 14.8 Å². The third kappa shape index (κ3) is 3.71. The number of hydrogen-bond donors (Lipinski definition) is 0. The van der Waals surface area contributed by atoms with Crippen LogP contribution in [0.4, 0.5) is 0 Å². The first-order valence-corrected chi connectivity index (χ1v) is 8.84. The maximum absolute atomic E-state index is 9.09. The van der Waals surface area contributed by atoms with E-state index in [-0.39, 0.29) is 11.4 Å². The van der Waals surface area contributed by atoms with Gasteiger partial charge in [0.05, 0.1) is 31.1 Å². The quantitative estimate of drug-likeness (QED) is 0.750. The van der Waals surface area contributed by atoms with E-state index in [2.05, 4.69) is 20.8 Å². The van der Waals surface area contributed by atoms with Gasteiger partial charge >= 0.3 is 0 Å². The lowest BCUT2D eigenvalue weighted by molar-refractivity contribution is 0.0953. The molecule has 3 rings (SSSR count). The molecule has 0 N–H and O–H groups in total. The summed E-state index contributed by atoms with van der Waals surface area (Å²) in [5.41, 5.74) is 0.970. The maximum atomic E-state index is 9.09. The Hall–Kier alpha value is -2.04. The second kappa shape index (κ2) is 7.69. The first-order valence-electron chi connectivity index (χ1n) is 7.96. The average molecular weight is 344 g/mol. The van der Waals surface area contributed by atoms with Gasteiger partial charge in [0.2, 0.25) is 0 Å². The largest absolute Gasteiger partial charge is 0.497 e. The molecular weight excluding hydrogens is 324 g/mol. The van der Waals surface area contributed by atoms with Crippen LogP contribution in [0.25, 0.3) is 11.4 Å². The molecule has 6 nitrogen and oxygen atoms in total. The molecule has 1 aliphatic heterocycles. The molecule has 2 heterocycles. The van der Waals surface area contributed by atoms with Crippen molar-refractivity contribution >= 4 is 11.8 Å². The molecule has 1 fully saturated rings. The molecule has 0 spiro atoms. The highest BCUT2D eigenvalue weighted by Gasteiger charge is 2.22. The molecule has 2 aromatic rings. The Morgan fingerprint density at radius 2 is 2.21 bits per heavy atom. The smallest absolute Gasteiger partial charge is 0.192 e. The SMILES string of the molecule is COc1ccc(-c2nnc(S[C@@H](C)C#N)n2C[C@@H]2CCCO2)cc1. The molecule has 1 aromatic carbocycles. The van der Waals surface area contributed by atoms with Gasteiger partial charge in [-0.05, 0) is 44.0 Å². The molecule has 1 aromatic heterocycles. The molecule has 2 atom stereocenters. The summed E-state index contributed by atoms with van der Waals surface area (Å²) in [4.78, 5) is 0. The van der Waals surface area contributed by atoms with Crippen LogP contribution < -0.4 is 4.74 Å². The summed E-state index contributed by atoms with van der Waals surface area (Å²) in [5.74, 6) is 1.59. The third-order valence-corrected chi connectivity index (χ3v) is 4.91. The van der Waals surface area contributed by atoms with Gasteiger partial charge in [0.15, 0.2) is 11.0 Å². The Balaban J connectivity index is 1.92. The van der Waals surface area contributed by atoms with E-state index < -0.39 is 0 Å². The second-order valence-electron chi connectivity index (χ2n) is 5.67. The fourth-order valence-electron chi connectivity index (χ4n) is 2.67. The minimum Gasteiger partial charge on any atom is -0.497 e. The highest BCUT2D eigenvalue weighted by Crippen LogP contribution is 2.29. The predicted molar refractivity (Wildman–Crippen MR) is 91.9 cm³/mol. The molecule has 0 unspecified atom stereocenters. The van der Waals surface area contributed by atoms with Crippen LogP contribution in [0.15, 0.2) is 29.4 Å². The van der Waals surface area contributed by atoms with Crippen molar-refractivity contribution in [2.24, 2.45) is 0 Å². The number of benzene rings is 1. The summed E-state index contributed by atoms with van der Waals surface area (Å²) in [6, 6.07) is 9.99. The highest BCUT2D eigenvalue weighted by atomic mass is 32.2. The first-order chi connectivity index (χ1) is 11.7. The first kappa shape index (κ1) is 16.8. The van der Waals surface area contributed by atoms with Gasteiger partial charge in [-0.1, -0.05) is 11.8 Å². The monoisotopic (exact) mass is 344 g/mol. The fourth-order valence-corrected chi connectivity index (χ4v) is 3.42. The number of nitriles is 1. The average Bonchev–Trinajstić information content (AvgIpc) is 3.26. The Labute approximate surface area is 145 Å². The molecule has 24 heavy (non-hydrogen) atoms. The molecule has 0 saturated carbocycles. The zero-order valence-electron chi connectivity index (χ0n) is 13.8. The summed E-state index contributed by atoms with van der Waals surface area (Å²) >= 11 is 1.42. The lowest BCUT2D eigenvalue weighted by Gasteiger charge is -2.15. The van der Waals surface area contributed by atoms with Crippen molar-refractivity contribution in [2.45, 2.75) is 42.8 Å². The van der Waals surface area contributed by atoms with E-state index in [1.807, 2.05) is 31.2 Å². The number of hydrogen-bond acceptors (Lipinski definition) is 6. The van der Waals surface area contributed by atoms with Gasteiger partial charge in [-0.15, -0.1) is 10.2 Å². The minimum absolute atomic E-state index is 0.176. The molecule has 126 valence electrons. The second-order valence-corrected chi connectivity index (χ2v) is 6.98. The minimum atomic E-state index is -0.179. The Morgan fingerprint density at radius 1 is 1.42 bits per heavy atom. The van der Waals surface area contributed by atoms with Crippen LogP contribution >= 0.6 is 11.8 Å². The molecule has 0 aliphatic carbocycles. The Kier molecular flexibility index (Phi) is 5.38. The summed E-state index contributed by atoms with van der Waals surface area (Å²) in [6.07, 6.45) is 2.30. The normalized spacial score (nSPS) is 18.3. The van der Waals surface area contributed by atoms with E-state index >= 15 is 0 Å². The van der Waals surface area contributed by atoms with Crippen LogP contribution in [0.3, 0.4) is 0 Å². The Morgan fingerprint density at radius 3 is 2.83 bits per heavy atom. The number of methoxy groups -OCH3 is 1. The van der Waals surface area contributed by atoms with Gasteiger partial charge in [-0.2, -0.15) is 5.26 Å². The lowest BCUT2D eigenvalue weighted by atomic mass is 10.2. The van der Waals surface area contributed by atoms with E-state index in [4.69, 9.17) is 14.7 Å². The van der Waals surface area contributed by atoms with E-state index in [1.165, 1.54) is 11.8 Å². The maximum Gasteiger partial charge on any atom is 0.192 e. The van der Waals surface area contributed by atoms with Crippen LogP contribution in [0, 0.1) is 11.3 Å². The highest BCUT2D eigenvalue weighted by molar-refractivity contribution is 8.00. The van der Waals surface area contributed by atoms with Gasteiger partial charge in [0.1, 0.15) is 5.75 Å². The van der Waals surface area contributed by atoms with E-state index in [1.54, 1.807) is 7.11 Å². The van der Waals surface area contributed by atoms with Crippen LogP contribution in [0.1, 0.15) is 19.8 Å². The number of nitrogens with zero attached hydrogens (tertiary/aromatic N) is 4. The van der Waals surface area contributed by atoms with Gasteiger partial charge < -0.3 is 9.47 Å². The van der Waals surface area contributed by atoms with Crippen molar-refractivity contribution < 1.29 is 9.47 Å². The summed E-state index contributed by atoms with van der Waals surface area (Å²) in [7, 11) is 1.65. The molecular formula is C17H20N4O2S. The molecule has 0 amide bonds. The number of rotatable bonds is 6. The fraction of sp³-hybridized carbons (Fsp3) is 0.471. The summed E-state index contributed by atoms with van der Waals surface area (Å²) in [5, 5.41) is 18.3. The zero-order valence-corrected chi connectivity index (χ0v) is 14.6. The van der Waals surface area contributed by atoms with Gasteiger partial charge in [0.25, 0.3) is 0 Å². The number of ether oxygens (including phenoxy) is 2. The van der Waals surface area contributed by atoms with Crippen molar-refractivity contribution in [2.75, 3.05) is 13.7 Å². The molecule has 0 radical (unpaired) electrons. The van der Waals surface area contributed by atoms with Crippen LogP contribution in [0.2, 0.25) is 0 Å². The van der Waals surface area contributed by atoms with E-state index in [0.29, 0.717) is 6.54 Å². The van der Waals surface area contributed by atoms with Crippen molar-refractivity contribution in [3.8, 4) is 23.2 Å². The van der Waals surface area contributed by atoms with Gasteiger partial charge in [0, 0.05) is 12.2 Å². The summed E-state index contributed by atoms with van der Waals surface area (Å²) < 4.78 is 13.0. The van der Waals surface area contributed by atoms with Crippen LogP contribution in [-0.2, 0) is 11.3 Å². The van der Waals surface area contributed by atoms with Gasteiger partial charge in [-0.25, -0.2) is 0 Å². The lowest BCUT2D eigenvalue weighted by Crippen LogP contribution is -2.17. The van der Waals surface area contributed by atoms with Crippen molar-refractivity contribution in [1.29, 1.82) is 5.26 Å². The summed E-state index contributed by atoms with van der Waals surface area (Å²) in [6.45, 7) is 3.37. The molecule has 1 aliphatic rings. The van der Waals surface area contributed by atoms with Crippen molar-refractivity contribution in [3.63, 3.8) is 0 Å². The van der Waals surface area contributed by atoms with Gasteiger partial charge in [-0.3, -0.25) is 4.57 Å². The van der Waals surface area contributed by atoms with Crippen molar-refractivity contribution in [3.05, 3.63) is 24.3 Å². The van der Waals surface area contributed by atoms with E-state index in [9.17, 15) is 0 Å². The van der Waals surface area contributed by atoms with Crippen LogP contribution in [-0.4, -0.2) is 39.8 Å².